The number of aryl methyl sites for hydroxylation is 1. The van der Waals surface area contributed by atoms with Gasteiger partial charge in [-0.15, -0.1) is 16.4 Å². The fourth-order valence-electron chi connectivity index (χ4n) is 0.885. The van der Waals surface area contributed by atoms with Gasteiger partial charge in [0.05, 0.1) is 16.5 Å². The molecule has 5 nitrogen and oxygen atoms in total. The Morgan fingerprint density at radius 2 is 2.46 bits per heavy atom. The first-order valence-electron chi connectivity index (χ1n) is 3.58. The quantitative estimate of drug-likeness (QED) is 0.815. The van der Waals surface area contributed by atoms with Crippen molar-refractivity contribution in [3.63, 3.8) is 0 Å². The fraction of sp³-hybridized carbons (Fsp3) is 0.333. The molecule has 0 aliphatic rings. The molecule has 0 bridgehead atoms. The molecular weight excluding hydrogens is 254 g/mol. The summed E-state index contributed by atoms with van der Waals surface area (Å²) in [7, 11) is 0. The summed E-state index contributed by atoms with van der Waals surface area (Å²) in [6, 6.07) is 0. The molecule has 0 aliphatic carbocycles. The van der Waals surface area contributed by atoms with E-state index in [1.165, 1.54) is 0 Å². The topological polar surface area (TPSA) is 56.5 Å². The lowest BCUT2D eigenvalue weighted by molar-refractivity contribution is 0.631. The number of aromatic nitrogens is 5. The molecule has 0 spiro atoms. The second-order valence-corrected chi connectivity index (χ2v) is 4.94. The van der Waals surface area contributed by atoms with E-state index in [1.807, 2.05) is 6.92 Å². The average Bonchev–Trinajstić information content (AvgIpc) is 2.64. The second-order valence-electron chi connectivity index (χ2n) is 2.44. The van der Waals surface area contributed by atoms with Gasteiger partial charge >= 0.3 is 0 Å². The molecule has 2 rings (SSSR count). The summed E-state index contributed by atoms with van der Waals surface area (Å²) in [6.07, 6.45) is 1.78. The zero-order chi connectivity index (χ0) is 9.26. The maximum atomic E-state index is 4.19. The van der Waals surface area contributed by atoms with E-state index in [2.05, 4.69) is 36.4 Å². The van der Waals surface area contributed by atoms with Crippen LogP contribution in [0, 0.1) is 6.92 Å². The molecule has 68 valence electrons. The van der Waals surface area contributed by atoms with Crippen molar-refractivity contribution in [3.8, 4) is 0 Å². The number of hydrogen-bond donors (Lipinski definition) is 0. The fourth-order valence-corrected chi connectivity index (χ4v) is 2.17. The van der Waals surface area contributed by atoms with Crippen LogP contribution in [-0.4, -0.2) is 25.2 Å². The third-order valence-electron chi connectivity index (χ3n) is 1.52. The Kier molecular flexibility index (Phi) is 2.36. The highest BCUT2D eigenvalue weighted by Gasteiger charge is 2.04. The van der Waals surface area contributed by atoms with Crippen molar-refractivity contribution in [1.29, 1.82) is 0 Å². The van der Waals surface area contributed by atoms with Crippen molar-refractivity contribution in [1.82, 2.24) is 25.2 Å². The van der Waals surface area contributed by atoms with Gasteiger partial charge in [0.25, 0.3) is 0 Å². The molecule has 13 heavy (non-hydrogen) atoms. The van der Waals surface area contributed by atoms with E-state index in [1.54, 1.807) is 22.2 Å². The van der Waals surface area contributed by atoms with Crippen LogP contribution in [0.5, 0.6) is 0 Å². The number of thiazole rings is 1. The molecule has 0 saturated heterocycles. The number of rotatable bonds is 2. The van der Waals surface area contributed by atoms with Gasteiger partial charge in [0.15, 0.2) is 0 Å². The third kappa shape index (κ3) is 1.92. The Bertz CT molecular complexity index is 409. The van der Waals surface area contributed by atoms with E-state index in [0.29, 0.717) is 6.54 Å². The van der Waals surface area contributed by atoms with Gasteiger partial charge in [-0.25, -0.2) is 9.67 Å². The molecule has 0 saturated carbocycles. The van der Waals surface area contributed by atoms with Crippen LogP contribution >= 0.6 is 27.3 Å². The Hall–Kier alpha value is -0.820. The van der Waals surface area contributed by atoms with Gasteiger partial charge in [0.2, 0.25) is 0 Å². The first kappa shape index (κ1) is 8.76. The van der Waals surface area contributed by atoms with Gasteiger partial charge in [-0.3, -0.25) is 0 Å². The Balaban J connectivity index is 2.19. The SMILES string of the molecule is Cc1nnnn1Cc1ncc(Br)s1. The predicted molar refractivity (Wildman–Crippen MR) is 51.5 cm³/mol. The van der Waals surface area contributed by atoms with Crippen LogP contribution in [0.1, 0.15) is 10.8 Å². The zero-order valence-corrected chi connectivity index (χ0v) is 9.21. The summed E-state index contributed by atoms with van der Waals surface area (Å²) in [5, 5.41) is 12.2. The number of tetrazole rings is 1. The Morgan fingerprint density at radius 3 is 3.00 bits per heavy atom. The highest BCUT2D eigenvalue weighted by molar-refractivity contribution is 9.11. The molecular formula is C6H6BrN5S. The lowest BCUT2D eigenvalue weighted by atomic mass is 10.6. The molecule has 0 aliphatic heterocycles. The molecule has 0 aromatic carbocycles. The summed E-state index contributed by atoms with van der Waals surface area (Å²) < 4.78 is 2.74. The number of hydrogen-bond acceptors (Lipinski definition) is 5. The smallest absolute Gasteiger partial charge is 0.148 e. The second kappa shape index (κ2) is 3.51. The van der Waals surface area contributed by atoms with E-state index in [-0.39, 0.29) is 0 Å². The minimum atomic E-state index is 0.634. The largest absolute Gasteiger partial charge is 0.246 e. The van der Waals surface area contributed by atoms with Crippen LogP contribution < -0.4 is 0 Å². The number of halogens is 1. The summed E-state index contributed by atoms with van der Waals surface area (Å²) in [6.45, 7) is 2.50. The van der Waals surface area contributed by atoms with Gasteiger partial charge in [-0.2, -0.15) is 0 Å². The van der Waals surface area contributed by atoms with Crippen LogP contribution in [0.2, 0.25) is 0 Å². The third-order valence-corrected chi connectivity index (χ3v) is 2.98. The minimum Gasteiger partial charge on any atom is -0.246 e. The van der Waals surface area contributed by atoms with Crippen molar-refractivity contribution in [2.75, 3.05) is 0 Å². The van der Waals surface area contributed by atoms with E-state index in [0.717, 1.165) is 14.6 Å². The molecule has 7 heteroatoms. The maximum absolute atomic E-state index is 4.19. The summed E-state index contributed by atoms with van der Waals surface area (Å²) in [5.74, 6) is 0.798. The van der Waals surface area contributed by atoms with Crippen molar-refractivity contribution in [2.24, 2.45) is 0 Å². The molecule has 0 radical (unpaired) electrons. The van der Waals surface area contributed by atoms with Crippen LogP contribution in [0.15, 0.2) is 9.98 Å². The van der Waals surface area contributed by atoms with Gasteiger partial charge in [0.1, 0.15) is 10.8 Å². The van der Waals surface area contributed by atoms with E-state index >= 15 is 0 Å². The normalized spacial score (nSPS) is 10.6. The van der Waals surface area contributed by atoms with Crippen LogP contribution in [0.3, 0.4) is 0 Å². The molecule has 0 fully saturated rings. The molecule has 0 N–H and O–H groups in total. The summed E-state index contributed by atoms with van der Waals surface area (Å²) in [5.41, 5.74) is 0. The lowest BCUT2D eigenvalue weighted by Gasteiger charge is -1.95. The van der Waals surface area contributed by atoms with Gasteiger partial charge in [-0.1, -0.05) is 0 Å². The minimum absolute atomic E-state index is 0.634. The van der Waals surface area contributed by atoms with E-state index in [9.17, 15) is 0 Å². The Morgan fingerprint density at radius 1 is 1.62 bits per heavy atom. The molecule has 0 unspecified atom stereocenters. The summed E-state index contributed by atoms with van der Waals surface area (Å²) >= 11 is 4.93. The van der Waals surface area contributed by atoms with Gasteiger partial charge in [0, 0.05) is 0 Å². The molecule has 2 aromatic rings. The van der Waals surface area contributed by atoms with Gasteiger partial charge < -0.3 is 0 Å². The molecule has 0 amide bonds. The van der Waals surface area contributed by atoms with Crippen LogP contribution in [0.4, 0.5) is 0 Å². The average molecular weight is 260 g/mol. The van der Waals surface area contributed by atoms with Crippen molar-refractivity contribution in [2.45, 2.75) is 13.5 Å². The highest BCUT2D eigenvalue weighted by atomic mass is 79.9. The lowest BCUT2D eigenvalue weighted by Crippen LogP contribution is -2.03. The highest BCUT2D eigenvalue weighted by Crippen LogP contribution is 2.19. The number of nitrogens with zero attached hydrogens (tertiary/aromatic N) is 5. The predicted octanol–water partition coefficient (Wildman–Crippen LogP) is 1.25. The zero-order valence-electron chi connectivity index (χ0n) is 6.81. The maximum Gasteiger partial charge on any atom is 0.148 e. The van der Waals surface area contributed by atoms with Crippen LogP contribution in [0.25, 0.3) is 0 Å². The molecule has 2 heterocycles. The van der Waals surface area contributed by atoms with Crippen LogP contribution in [-0.2, 0) is 6.54 Å². The first-order valence-corrected chi connectivity index (χ1v) is 5.19. The standard InChI is InChI=1S/C6H6BrN5S/c1-4-9-10-11-12(4)3-6-8-2-5(7)13-6/h2H,3H2,1H3. The Labute approximate surface area is 86.9 Å². The van der Waals surface area contributed by atoms with Crippen molar-refractivity contribution < 1.29 is 0 Å². The first-order chi connectivity index (χ1) is 6.25. The van der Waals surface area contributed by atoms with E-state index < -0.39 is 0 Å². The molecule has 2 aromatic heterocycles. The molecule has 0 atom stereocenters. The van der Waals surface area contributed by atoms with Crippen molar-refractivity contribution >= 4 is 27.3 Å². The monoisotopic (exact) mass is 259 g/mol. The van der Waals surface area contributed by atoms with Crippen molar-refractivity contribution in [3.05, 3.63) is 20.8 Å². The van der Waals surface area contributed by atoms with Gasteiger partial charge in [-0.05, 0) is 33.3 Å². The van der Waals surface area contributed by atoms with E-state index in [4.69, 9.17) is 0 Å². The summed E-state index contributed by atoms with van der Waals surface area (Å²) in [4.78, 5) is 4.19.